The first-order valence-electron chi connectivity index (χ1n) is 13.6. The standard InChI is InChI=1S/C29H32B2BrNO7/c1-3-17(12-18-13-20(32)8-9-24(18)34)7-10-25-26-16(2)11-22-27(23(26)15-30(37)40-25)29(36)33(28(22)35)21-6-4-5-19(14-21)31(38)39/h4-6,8-9,12-14,22-23,25,27,34,37-39H,3,7,10-11,15H2,1-2H3/b17-12+/t22-,23+,25-,27-/m1/s1. The van der Waals surface area contributed by atoms with Crippen LogP contribution in [0.2, 0.25) is 6.32 Å². The molecule has 0 aromatic heterocycles. The summed E-state index contributed by atoms with van der Waals surface area (Å²) in [4.78, 5) is 28.5. The minimum absolute atomic E-state index is 0.195. The van der Waals surface area contributed by atoms with E-state index >= 15 is 0 Å². The molecule has 0 saturated carbocycles. The van der Waals surface area contributed by atoms with E-state index in [1.165, 1.54) is 12.1 Å². The van der Waals surface area contributed by atoms with Gasteiger partial charge in [0.15, 0.2) is 0 Å². The average molecular weight is 608 g/mol. The summed E-state index contributed by atoms with van der Waals surface area (Å²) in [5, 5.41) is 40.2. The molecule has 2 aromatic carbocycles. The molecule has 0 radical (unpaired) electrons. The number of hydrogen-bond donors (Lipinski definition) is 4. The number of amides is 2. The SMILES string of the molecule is CC/C(=C\c1cc(Br)ccc1O)CC[C@H]1OB(O)C[C@H]2C1=C(C)C[C@H]1C(=O)N(c3cccc(B(O)O)c3)C(=O)[C@H]12. The van der Waals surface area contributed by atoms with Crippen molar-refractivity contribution in [2.75, 3.05) is 4.90 Å². The Bertz CT molecular complexity index is 1390. The van der Waals surface area contributed by atoms with Crippen LogP contribution in [-0.4, -0.2) is 52.3 Å². The van der Waals surface area contributed by atoms with E-state index in [0.29, 0.717) is 24.9 Å². The molecule has 1 aliphatic carbocycles. The van der Waals surface area contributed by atoms with Crippen LogP contribution in [0.1, 0.15) is 45.1 Å². The third kappa shape index (κ3) is 5.45. The molecule has 0 bridgehead atoms. The molecule has 2 amide bonds. The van der Waals surface area contributed by atoms with Crippen LogP contribution in [0, 0.1) is 17.8 Å². The Morgan fingerprint density at radius 1 is 1.18 bits per heavy atom. The first kappa shape index (κ1) is 28.8. The van der Waals surface area contributed by atoms with E-state index in [4.69, 9.17) is 4.65 Å². The largest absolute Gasteiger partial charge is 0.507 e. The van der Waals surface area contributed by atoms with E-state index in [2.05, 4.69) is 22.9 Å². The molecule has 2 saturated heterocycles. The molecule has 5 rings (SSSR count). The van der Waals surface area contributed by atoms with Gasteiger partial charge in [-0.2, -0.15) is 0 Å². The zero-order valence-electron chi connectivity index (χ0n) is 22.5. The highest BCUT2D eigenvalue weighted by Gasteiger charge is 2.57. The van der Waals surface area contributed by atoms with Gasteiger partial charge in [0.25, 0.3) is 0 Å². The molecule has 4 atom stereocenters. The van der Waals surface area contributed by atoms with E-state index in [-0.39, 0.29) is 35.3 Å². The number of imide groups is 1. The Balaban J connectivity index is 1.40. The highest BCUT2D eigenvalue weighted by atomic mass is 79.9. The Kier molecular flexibility index (Phi) is 8.40. The van der Waals surface area contributed by atoms with Gasteiger partial charge in [0.1, 0.15) is 5.75 Å². The van der Waals surface area contributed by atoms with E-state index < -0.39 is 32.2 Å². The lowest BCUT2D eigenvalue weighted by Crippen LogP contribution is -2.46. The van der Waals surface area contributed by atoms with Gasteiger partial charge in [0.05, 0.1) is 23.6 Å². The third-order valence-corrected chi connectivity index (χ3v) is 8.90. The van der Waals surface area contributed by atoms with Crippen molar-refractivity contribution in [1.29, 1.82) is 0 Å². The molecule has 208 valence electrons. The Morgan fingerprint density at radius 2 is 1.95 bits per heavy atom. The maximum Gasteiger partial charge on any atom is 0.488 e. The maximum atomic E-state index is 13.8. The normalized spacial score (nSPS) is 24.9. The van der Waals surface area contributed by atoms with Crippen LogP contribution in [-0.2, 0) is 14.2 Å². The van der Waals surface area contributed by atoms with Gasteiger partial charge in [-0.25, -0.2) is 0 Å². The molecule has 11 heteroatoms. The van der Waals surface area contributed by atoms with E-state index in [1.807, 2.05) is 19.1 Å². The summed E-state index contributed by atoms with van der Waals surface area (Å²) in [7, 11) is -2.77. The highest BCUT2D eigenvalue weighted by molar-refractivity contribution is 9.10. The first-order chi connectivity index (χ1) is 19.1. The summed E-state index contributed by atoms with van der Waals surface area (Å²) in [6, 6.07) is 11.5. The van der Waals surface area contributed by atoms with Crippen molar-refractivity contribution < 1.29 is 34.4 Å². The predicted molar refractivity (Wildman–Crippen MR) is 158 cm³/mol. The van der Waals surface area contributed by atoms with Gasteiger partial charge in [-0.05, 0) is 86.2 Å². The van der Waals surface area contributed by atoms with E-state index in [1.54, 1.807) is 24.3 Å². The zero-order valence-corrected chi connectivity index (χ0v) is 24.0. The second-order valence-corrected chi connectivity index (χ2v) is 11.8. The second-order valence-electron chi connectivity index (χ2n) is 10.9. The number of rotatable bonds is 7. The van der Waals surface area contributed by atoms with Crippen molar-refractivity contribution in [2.24, 2.45) is 17.8 Å². The Hall–Kier alpha value is -2.69. The molecule has 2 aromatic rings. The van der Waals surface area contributed by atoms with Gasteiger partial charge in [0.2, 0.25) is 11.8 Å². The van der Waals surface area contributed by atoms with Gasteiger partial charge in [-0.1, -0.05) is 52.2 Å². The van der Waals surface area contributed by atoms with Crippen LogP contribution in [0.15, 0.2) is 63.7 Å². The lowest BCUT2D eigenvalue weighted by molar-refractivity contribution is -0.122. The minimum atomic E-state index is -1.72. The number of aromatic hydroxyl groups is 1. The van der Waals surface area contributed by atoms with Crippen molar-refractivity contribution in [2.45, 2.75) is 52.0 Å². The fourth-order valence-corrected chi connectivity index (χ4v) is 6.91. The molecule has 2 heterocycles. The van der Waals surface area contributed by atoms with Crippen LogP contribution in [0.4, 0.5) is 5.69 Å². The summed E-state index contributed by atoms with van der Waals surface area (Å²) < 4.78 is 6.90. The van der Waals surface area contributed by atoms with Crippen molar-refractivity contribution in [3.63, 3.8) is 0 Å². The molecule has 3 aliphatic rings. The quantitative estimate of drug-likeness (QED) is 0.216. The van der Waals surface area contributed by atoms with Crippen LogP contribution >= 0.6 is 15.9 Å². The van der Waals surface area contributed by atoms with Gasteiger partial charge in [0, 0.05) is 10.0 Å². The third-order valence-electron chi connectivity index (χ3n) is 8.41. The number of carbonyl (C=O) groups is 2. The fraction of sp³-hybridized carbons (Fsp3) is 0.379. The Labute approximate surface area is 242 Å². The smallest absolute Gasteiger partial charge is 0.488 e. The van der Waals surface area contributed by atoms with Crippen LogP contribution in [0.3, 0.4) is 0 Å². The number of fused-ring (bicyclic) bond motifs is 3. The summed E-state index contributed by atoms with van der Waals surface area (Å²) in [6.07, 6.45) is 4.28. The van der Waals surface area contributed by atoms with Crippen molar-refractivity contribution in [3.8, 4) is 5.75 Å². The van der Waals surface area contributed by atoms with Crippen LogP contribution < -0.4 is 10.4 Å². The Morgan fingerprint density at radius 3 is 2.67 bits per heavy atom. The molecular weight excluding hydrogens is 576 g/mol. The number of anilines is 1. The lowest BCUT2D eigenvalue weighted by Gasteiger charge is -2.42. The summed E-state index contributed by atoms with van der Waals surface area (Å²) in [5.41, 5.74) is 4.35. The monoisotopic (exact) mass is 607 g/mol. The zero-order chi connectivity index (χ0) is 28.7. The molecular formula is C29H32B2BrNO7. The lowest BCUT2D eigenvalue weighted by atomic mass is 9.59. The van der Waals surface area contributed by atoms with Crippen LogP contribution in [0.25, 0.3) is 6.08 Å². The molecule has 40 heavy (non-hydrogen) atoms. The number of benzene rings is 2. The predicted octanol–water partition coefficient (Wildman–Crippen LogP) is 3.43. The number of phenolic OH excluding ortho intramolecular Hbond substituents is 1. The van der Waals surface area contributed by atoms with E-state index in [9.17, 15) is 29.8 Å². The van der Waals surface area contributed by atoms with Gasteiger partial charge >= 0.3 is 14.2 Å². The maximum absolute atomic E-state index is 13.8. The number of nitrogens with zero attached hydrogens (tertiary/aromatic N) is 1. The molecule has 8 nitrogen and oxygen atoms in total. The number of carbonyl (C=O) groups excluding carboxylic acids is 2. The fourth-order valence-electron chi connectivity index (χ4n) is 6.53. The summed E-state index contributed by atoms with van der Waals surface area (Å²) >= 11 is 3.45. The number of phenols is 1. The van der Waals surface area contributed by atoms with Gasteiger partial charge < -0.3 is 24.8 Å². The highest BCUT2D eigenvalue weighted by Crippen LogP contribution is 2.51. The van der Waals surface area contributed by atoms with Crippen molar-refractivity contribution >= 4 is 59.2 Å². The molecule has 0 unspecified atom stereocenters. The number of hydrogen-bond acceptors (Lipinski definition) is 7. The van der Waals surface area contributed by atoms with Crippen molar-refractivity contribution in [3.05, 3.63) is 69.2 Å². The topological polar surface area (TPSA) is 128 Å². The number of allylic oxidation sites excluding steroid dienone is 2. The summed E-state index contributed by atoms with van der Waals surface area (Å²) in [6.45, 7) is 4.03. The summed E-state index contributed by atoms with van der Waals surface area (Å²) in [5.74, 6) is -1.93. The van der Waals surface area contributed by atoms with E-state index in [0.717, 1.165) is 38.1 Å². The molecule has 2 fully saturated rings. The second kappa shape index (κ2) is 11.7. The van der Waals surface area contributed by atoms with Gasteiger partial charge in [-0.3, -0.25) is 14.5 Å². The molecule has 4 N–H and O–H groups in total. The van der Waals surface area contributed by atoms with Crippen LogP contribution in [0.5, 0.6) is 5.75 Å². The first-order valence-corrected chi connectivity index (χ1v) is 14.4. The molecule has 2 aliphatic heterocycles. The number of halogens is 1. The van der Waals surface area contributed by atoms with Crippen molar-refractivity contribution in [1.82, 2.24) is 0 Å². The average Bonchev–Trinajstić information content (AvgIpc) is 3.17. The van der Waals surface area contributed by atoms with Gasteiger partial charge in [-0.15, -0.1) is 0 Å². The molecule has 0 spiro atoms. The minimum Gasteiger partial charge on any atom is -0.507 e.